The number of nitrogens with zero attached hydrogens (tertiary/aromatic N) is 4. The lowest BCUT2D eigenvalue weighted by atomic mass is 9.80. The van der Waals surface area contributed by atoms with Gasteiger partial charge in [0.25, 0.3) is 0 Å². The maximum Gasteiger partial charge on any atom is 0.411 e. The van der Waals surface area contributed by atoms with Crippen LogP contribution in [0.2, 0.25) is 0 Å². The first kappa shape index (κ1) is 38.6. The van der Waals surface area contributed by atoms with Gasteiger partial charge in [-0.25, -0.2) is 19.6 Å². The lowest BCUT2D eigenvalue weighted by Crippen LogP contribution is -2.51. The van der Waals surface area contributed by atoms with Crippen LogP contribution in [-0.2, 0) is 14.3 Å². The maximum absolute atomic E-state index is 13.9. The number of piperidine rings is 1. The van der Waals surface area contributed by atoms with Crippen molar-refractivity contribution < 1.29 is 23.9 Å². The molecule has 2 saturated heterocycles. The molecule has 12 heteroatoms. The van der Waals surface area contributed by atoms with E-state index < -0.39 is 17.7 Å². The molecule has 1 spiro atoms. The molecular formula is C46H59N7O5. The van der Waals surface area contributed by atoms with Gasteiger partial charge in [-0.2, -0.15) is 0 Å². The zero-order valence-corrected chi connectivity index (χ0v) is 35.0. The number of ether oxygens (including phenoxy) is 2. The number of hydrogen-bond acceptors (Lipinski definition) is 7. The molecule has 4 fully saturated rings. The molecule has 2 saturated carbocycles. The molecule has 2 bridgehead atoms. The predicted octanol–water partition coefficient (Wildman–Crippen LogP) is 9.03. The fourth-order valence-corrected chi connectivity index (χ4v) is 10.5. The lowest BCUT2D eigenvalue weighted by Gasteiger charge is -2.35. The van der Waals surface area contributed by atoms with Gasteiger partial charge in [-0.15, -0.1) is 0 Å². The minimum absolute atomic E-state index is 0.0584. The van der Waals surface area contributed by atoms with Gasteiger partial charge in [0, 0.05) is 12.6 Å². The van der Waals surface area contributed by atoms with Crippen molar-refractivity contribution in [2.75, 3.05) is 13.7 Å². The van der Waals surface area contributed by atoms with Crippen molar-refractivity contribution in [2.24, 2.45) is 17.3 Å². The van der Waals surface area contributed by atoms with E-state index in [1.807, 2.05) is 56.8 Å². The Balaban J connectivity index is 0.876. The van der Waals surface area contributed by atoms with Crippen LogP contribution in [0.5, 0.6) is 0 Å². The van der Waals surface area contributed by atoms with Crippen LogP contribution >= 0.6 is 0 Å². The Kier molecular flexibility index (Phi) is 9.82. The second kappa shape index (κ2) is 14.7. The molecule has 12 nitrogen and oxygen atoms in total. The molecule has 58 heavy (non-hydrogen) atoms. The summed E-state index contributed by atoms with van der Waals surface area (Å²) in [5.41, 5.74) is 9.91. The predicted molar refractivity (Wildman–Crippen MR) is 221 cm³/mol. The van der Waals surface area contributed by atoms with Crippen molar-refractivity contribution in [3.63, 3.8) is 0 Å². The quantitative estimate of drug-likeness (QED) is 0.242. The summed E-state index contributed by atoms with van der Waals surface area (Å²) >= 11 is 0. The second-order valence-corrected chi connectivity index (χ2v) is 19.2. The number of amides is 3. The van der Waals surface area contributed by atoms with E-state index in [-0.39, 0.29) is 41.5 Å². The number of H-pyrrole nitrogens is 2. The summed E-state index contributed by atoms with van der Waals surface area (Å²) in [6, 6.07) is -0.630. The monoisotopic (exact) mass is 789 g/mol. The highest BCUT2D eigenvalue weighted by Crippen LogP contribution is 2.58. The number of allylic oxidation sites excluding steroid dienone is 10. The Hall–Kier alpha value is -4.87. The third kappa shape index (κ3) is 7.36. The van der Waals surface area contributed by atoms with Crippen LogP contribution in [0.25, 0.3) is 11.1 Å². The third-order valence-electron chi connectivity index (χ3n) is 13.8. The number of hydrogen-bond donors (Lipinski definition) is 3. The second-order valence-electron chi connectivity index (χ2n) is 19.2. The van der Waals surface area contributed by atoms with Crippen molar-refractivity contribution in [2.45, 2.75) is 141 Å². The van der Waals surface area contributed by atoms with E-state index in [9.17, 15) is 14.4 Å². The fourth-order valence-electron chi connectivity index (χ4n) is 10.5. The Morgan fingerprint density at radius 3 is 2.17 bits per heavy atom. The molecule has 5 aliphatic carbocycles. The summed E-state index contributed by atoms with van der Waals surface area (Å²) in [6.07, 6.45) is 24.6. The van der Waals surface area contributed by atoms with Crippen LogP contribution in [-0.4, -0.2) is 79.2 Å². The third-order valence-corrected chi connectivity index (χ3v) is 13.8. The van der Waals surface area contributed by atoms with Gasteiger partial charge in [-0.05, 0) is 149 Å². The molecule has 5 atom stereocenters. The summed E-state index contributed by atoms with van der Waals surface area (Å²) in [4.78, 5) is 60.2. The molecule has 2 aliphatic heterocycles. The molecule has 2 aromatic heterocycles. The number of rotatable bonds is 8. The Morgan fingerprint density at radius 1 is 0.862 bits per heavy atom. The van der Waals surface area contributed by atoms with Gasteiger partial charge in [0.2, 0.25) is 5.91 Å². The first-order chi connectivity index (χ1) is 27.8. The van der Waals surface area contributed by atoms with Crippen LogP contribution in [0.15, 0.2) is 59.0 Å². The highest BCUT2D eigenvalue weighted by atomic mass is 16.6. The van der Waals surface area contributed by atoms with Gasteiger partial charge in [0.05, 0.1) is 43.0 Å². The number of imidazole rings is 2. The van der Waals surface area contributed by atoms with Crippen LogP contribution in [0.4, 0.5) is 9.59 Å². The van der Waals surface area contributed by atoms with Crippen LogP contribution in [0.1, 0.15) is 147 Å². The van der Waals surface area contributed by atoms with Crippen molar-refractivity contribution in [1.29, 1.82) is 0 Å². The summed E-state index contributed by atoms with van der Waals surface area (Å²) in [7, 11) is 1.32. The minimum Gasteiger partial charge on any atom is -0.453 e. The first-order valence-electron chi connectivity index (χ1n) is 21.6. The van der Waals surface area contributed by atoms with Crippen LogP contribution in [0.3, 0.4) is 0 Å². The largest absolute Gasteiger partial charge is 0.453 e. The molecular weight excluding hydrogens is 731 g/mol. The van der Waals surface area contributed by atoms with Crippen LogP contribution in [0, 0.1) is 17.3 Å². The van der Waals surface area contributed by atoms with Gasteiger partial charge < -0.3 is 29.7 Å². The number of fused-ring (bicyclic) bond motifs is 2. The molecule has 3 amide bonds. The fraction of sp³-hybridized carbons (Fsp3) is 0.587. The van der Waals surface area contributed by atoms with E-state index in [1.54, 1.807) is 0 Å². The zero-order chi connectivity index (χ0) is 40.5. The number of nitrogens with one attached hydrogen (secondary N) is 3. The highest BCUT2D eigenvalue weighted by molar-refractivity contribution is 5.86. The molecule has 3 N–H and O–H groups in total. The molecule has 4 heterocycles. The van der Waals surface area contributed by atoms with Crippen molar-refractivity contribution in [3.05, 3.63) is 82.0 Å². The number of aromatic nitrogens is 4. The normalized spacial score (nSPS) is 26.6. The first-order valence-corrected chi connectivity index (χ1v) is 21.6. The Labute approximate surface area is 341 Å². The number of likely N-dealkylation sites (tertiary alicyclic amines) is 2. The lowest BCUT2D eigenvalue weighted by molar-refractivity contribution is -0.135. The number of alkyl carbamates (subject to hydrolysis) is 1. The van der Waals surface area contributed by atoms with E-state index in [2.05, 4.69) is 39.6 Å². The average molecular weight is 790 g/mol. The molecule has 7 aliphatic rings. The SMILES string of the molecule is COC(=O)NC(C(=O)N1CC2(CC2)CC1c1ncc(C2=CC3=C(C=C(C4=CC=C(c5cnc(C6C7CCC(C7)N6C(=O)OC(C)(C)C)[nH]5)CC4)CC3)CC2)[nH]1)C(C)C. The van der Waals surface area contributed by atoms with Gasteiger partial charge in [-0.3, -0.25) is 9.69 Å². The van der Waals surface area contributed by atoms with E-state index in [0.717, 1.165) is 100 Å². The molecule has 0 aromatic carbocycles. The number of carbonyl (C=O) groups is 3. The summed E-state index contributed by atoms with van der Waals surface area (Å²) in [5, 5.41) is 2.78. The molecule has 5 unspecified atom stereocenters. The van der Waals surface area contributed by atoms with E-state index in [4.69, 9.17) is 19.4 Å². The van der Waals surface area contributed by atoms with Crippen molar-refractivity contribution in [3.8, 4) is 0 Å². The topological polar surface area (TPSA) is 146 Å². The average Bonchev–Trinajstić information content (AvgIpc) is 3.83. The number of methoxy groups -OCH3 is 1. The molecule has 308 valence electrons. The van der Waals surface area contributed by atoms with E-state index in [0.29, 0.717) is 12.5 Å². The number of carbonyl (C=O) groups excluding carboxylic acids is 3. The zero-order valence-electron chi connectivity index (χ0n) is 35.0. The van der Waals surface area contributed by atoms with Gasteiger partial charge >= 0.3 is 12.2 Å². The summed E-state index contributed by atoms with van der Waals surface area (Å²) < 4.78 is 10.7. The molecule has 9 rings (SSSR count). The van der Waals surface area contributed by atoms with Gasteiger partial charge in [0.15, 0.2) is 0 Å². The molecule has 0 radical (unpaired) electrons. The van der Waals surface area contributed by atoms with E-state index in [1.165, 1.54) is 40.5 Å². The number of aromatic amines is 2. The summed E-state index contributed by atoms with van der Waals surface area (Å²) in [6.45, 7) is 10.4. The Bertz CT molecular complexity index is 2160. The van der Waals surface area contributed by atoms with Gasteiger partial charge in [-0.1, -0.05) is 38.2 Å². The molecule has 2 aromatic rings. The van der Waals surface area contributed by atoms with Gasteiger partial charge in [0.1, 0.15) is 23.3 Å². The van der Waals surface area contributed by atoms with E-state index >= 15 is 0 Å². The minimum atomic E-state index is -0.655. The van der Waals surface area contributed by atoms with Crippen LogP contribution < -0.4 is 5.32 Å². The standard InChI is InChI=1S/C46H59N7O5/c1-26(2)38(51-43(55)57-6)42(54)52-25-46(17-18-46)22-37(52)40-47-24-36(49-40)32-14-13-30-19-29(11-12-31(30)20-32)27-7-9-28(10-8-27)35-23-48-41(50-35)39-33-15-16-34(21-33)53(39)44(56)58-45(3,4)5/h7,9,19-20,23-24,26,33-34,37-39H,8,10-18,21-22,25H2,1-6H3,(H,47,49)(H,48,50)(H,51,55). The maximum atomic E-state index is 13.9. The van der Waals surface area contributed by atoms with Crippen molar-refractivity contribution >= 4 is 29.2 Å². The Morgan fingerprint density at radius 2 is 1.50 bits per heavy atom. The smallest absolute Gasteiger partial charge is 0.411 e. The van der Waals surface area contributed by atoms with Crippen molar-refractivity contribution in [1.82, 2.24) is 35.1 Å². The summed E-state index contributed by atoms with van der Waals surface area (Å²) in [5.74, 6) is 1.97. The highest BCUT2D eigenvalue weighted by Gasteiger charge is 2.55.